The summed E-state index contributed by atoms with van der Waals surface area (Å²) in [5.41, 5.74) is 6.66. The molecule has 1 unspecified atom stereocenters. The summed E-state index contributed by atoms with van der Waals surface area (Å²) in [7, 11) is 0. The maximum Gasteiger partial charge on any atom is 0.309 e. The first-order valence-electron chi connectivity index (χ1n) is 12.0. The van der Waals surface area contributed by atoms with Crippen molar-refractivity contribution in [3.63, 3.8) is 0 Å². The van der Waals surface area contributed by atoms with Gasteiger partial charge in [0.1, 0.15) is 6.61 Å². The van der Waals surface area contributed by atoms with Gasteiger partial charge in [0, 0.05) is 29.6 Å². The van der Waals surface area contributed by atoms with Crippen LogP contribution in [0.25, 0.3) is 0 Å². The van der Waals surface area contributed by atoms with Crippen LogP contribution in [-0.4, -0.2) is 34.8 Å². The lowest BCUT2D eigenvalue weighted by Gasteiger charge is -2.36. The minimum atomic E-state index is -0.709. The van der Waals surface area contributed by atoms with Gasteiger partial charge in [0.05, 0.1) is 16.9 Å². The zero-order valence-electron chi connectivity index (χ0n) is 20.8. The Labute approximate surface area is 222 Å². The van der Waals surface area contributed by atoms with E-state index < -0.39 is 5.97 Å². The minimum Gasteiger partial charge on any atom is -0.481 e. The van der Waals surface area contributed by atoms with Gasteiger partial charge in [0.15, 0.2) is 0 Å². The van der Waals surface area contributed by atoms with E-state index >= 15 is 0 Å². The summed E-state index contributed by atoms with van der Waals surface area (Å²) in [6.45, 7) is 8.59. The zero-order valence-corrected chi connectivity index (χ0v) is 22.4. The predicted octanol–water partition coefficient (Wildman–Crippen LogP) is 6.90. The summed E-state index contributed by atoms with van der Waals surface area (Å²) in [6, 6.07) is 22.6. The van der Waals surface area contributed by atoms with Gasteiger partial charge in [0.25, 0.3) is 0 Å². The molecule has 1 heterocycles. The summed E-state index contributed by atoms with van der Waals surface area (Å²) in [6.07, 6.45) is 0. The van der Waals surface area contributed by atoms with E-state index in [-0.39, 0.29) is 11.2 Å². The summed E-state index contributed by atoms with van der Waals surface area (Å²) in [5, 5.41) is 14.2. The number of rotatable bonds is 10. The number of thioether (sulfide) groups is 1. The van der Waals surface area contributed by atoms with Gasteiger partial charge in [-0.05, 0) is 72.9 Å². The molecule has 0 spiro atoms. The monoisotopic (exact) mass is 522 g/mol. The van der Waals surface area contributed by atoms with Crippen LogP contribution in [0, 0.1) is 19.8 Å². The number of aliphatic carboxylic acids is 1. The molecule has 188 valence electrons. The van der Waals surface area contributed by atoms with Crippen molar-refractivity contribution in [2.45, 2.75) is 44.1 Å². The van der Waals surface area contributed by atoms with Gasteiger partial charge in [-0.25, -0.2) is 0 Å². The van der Waals surface area contributed by atoms with Crippen molar-refractivity contribution in [3.05, 3.63) is 99.6 Å². The fourth-order valence-electron chi connectivity index (χ4n) is 4.10. The second-order valence-corrected chi connectivity index (χ2v) is 11.0. The molecular formula is C29H31ClN2O3S. The Bertz CT molecular complexity index is 1240. The highest BCUT2D eigenvalue weighted by molar-refractivity contribution is 8.00. The predicted molar refractivity (Wildman–Crippen MR) is 147 cm³/mol. The molecule has 1 atom stereocenters. The normalized spacial score (nSPS) is 15.4. The van der Waals surface area contributed by atoms with Gasteiger partial charge < -0.3 is 9.94 Å². The highest BCUT2D eigenvalue weighted by Crippen LogP contribution is 2.38. The highest BCUT2D eigenvalue weighted by atomic mass is 35.5. The Morgan fingerprint density at radius 3 is 2.47 bits per heavy atom. The van der Waals surface area contributed by atoms with Crippen LogP contribution in [0.5, 0.6) is 0 Å². The Hall–Kier alpha value is -2.80. The van der Waals surface area contributed by atoms with Crippen LogP contribution < -0.4 is 0 Å². The molecule has 0 amide bonds. The van der Waals surface area contributed by atoms with E-state index in [9.17, 15) is 4.79 Å². The Balaban J connectivity index is 1.38. The third-order valence-electron chi connectivity index (χ3n) is 6.44. The van der Waals surface area contributed by atoms with E-state index in [1.165, 1.54) is 16.0 Å². The Morgan fingerprint density at radius 2 is 1.81 bits per heavy atom. The van der Waals surface area contributed by atoms with Crippen LogP contribution in [0.15, 0.2) is 76.8 Å². The number of hydrogen-bond acceptors (Lipinski definition) is 5. The van der Waals surface area contributed by atoms with Crippen LogP contribution in [0.4, 0.5) is 0 Å². The molecule has 0 saturated carbocycles. The van der Waals surface area contributed by atoms with Crippen LogP contribution in [0.1, 0.15) is 40.0 Å². The van der Waals surface area contributed by atoms with Crippen molar-refractivity contribution in [3.8, 4) is 0 Å². The quantitative estimate of drug-likeness (QED) is 0.178. The number of carboxylic acids is 1. The Morgan fingerprint density at radius 1 is 1.08 bits per heavy atom. The van der Waals surface area contributed by atoms with Crippen molar-refractivity contribution >= 4 is 35.0 Å². The van der Waals surface area contributed by atoms with E-state index in [0.29, 0.717) is 24.7 Å². The van der Waals surface area contributed by atoms with Gasteiger partial charge in [0.2, 0.25) is 0 Å². The lowest BCUT2D eigenvalue weighted by molar-refractivity contribution is -0.147. The molecule has 3 aromatic carbocycles. The van der Waals surface area contributed by atoms with Gasteiger partial charge in [-0.1, -0.05) is 59.2 Å². The van der Waals surface area contributed by atoms with Crippen LogP contribution in [-0.2, 0) is 22.8 Å². The Kier molecular flexibility index (Phi) is 8.72. The van der Waals surface area contributed by atoms with Gasteiger partial charge >= 0.3 is 5.97 Å². The molecule has 0 radical (unpaired) electrons. The van der Waals surface area contributed by atoms with Crippen LogP contribution >= 0.6 is 23.4 Å². The molecule has 1 aliphatic rings. The molecule has 0 bridgehead atoms. The second-order valence-electron chi connectivity index (χ2n) is 9.35. The molecule has 36 heavy (non-hydrogen) atoms. The number of aryl methyl sites for hydroxylation is 2. The summed E-state index contributed by atoms with van der Waals surface area (Å²) in [5.74, 6) is -0.942. The number of oxime groups is 1. The van der Waals surface area contributed by atoms with Crippen molar-refractivity contribution in [2.24, 2.45) is 11.1 Å². The molecular weight excluding hydrogens is 492 g/mol. The van der Waals surface area contributed by atoms with Crippen molar-refractivity contribution in [1.82, 2.24) is 4.90 Å². The van der Waals surface area contributed by atoms with Crippen LogP contribution in [0.2, 0.25) is 5.02 Å². The number of halogens is 1. The SMILES string of the molecule is CC(=NOCc1ccc(CN2CC(C(=O)O)C2)cc1)C(Sc1ccc(C)c(C)c1)c1cccc(Cl)c1. The van der Waals surface area contributed by atoms with E-state index in [4.69, 9.17) is 21.5 Å². The minimum absolute atomic E-state index is 0.0284. The summed E-state index contributed by atoms with van der Waals surface area (Å²) < 4.78 is 0. The summed E-state index contributed by atoms with van der Waals surface area (Å²) in [4.78, 5) is 20.0. The lowest BCUT2D eigenvalue weighted by Crippen LogP contribution is -2.49. The van der Waals surface area contributed by atoms with Crippen molar-refractivity contribution in [1.29, 1.82) is 0 Å². The number of likely N-dealkylation sites (tertiary alicyclic amines) is 1. The maximum atomic E-state index is 11.0. The van der Waals surface area contributed by atoms with E-state index in [0.717, 1.165) is 28.9 Å². The second kappa shape index (κ2) is 12.0. The highest BCUT2D eigenvalue weighted by Gasteiger charge is 2.32. The molecule has 1 N–H and O–H groups in total. The molecule has 1 fully saturated rings. The molecule has 7 heteroatoms. The summed E-state index contributed by atoms with van der Waals surface area (Å²) >= 11 is 8.03. The molecule has 0 aromatic heterocycles. The van der Waals surface area contributed by atoms with Gasteiger partial charge in [-0.3, -0.25) is 9.69 Å². The third-order valence-corrected chi connectivity index (χ3v) is 8.05. The molecule has 4 rings (SSSR count). The first-order chi connectivity index (χ1) is 17.3. The molecule has 1 saturated heterocycles. The number of nitrogens with zero attached hydrogens (tertiary/aromatic N) is 2. The average molecular weight is 523 g/mol. The van der Waals surface area contributed by atoms with Gasteiger partial charge in [-0.2, -0.15) is 0 Å². The van der Waals surface area contributed by atoms with Crippen molar-refractivity contribution < 1.29 is 14.7 Å². The fraction of sp³-hybridized carbons (Fsp3) is 0.310. The molecule has 0 aliphatic carbocycles. The molecule has 3 aromatic rings. The largest absolute Gasteiger partial charge is 0.481 e. The zero-order chi connectivity index (χ0) is 25.7. The van der Waals surface area contributed by atoms with Crippen LogP contribution in [0.3, 0.4) is 0 Å². The number of carbonyl (C=O) groups is 1. The average Bonchev–Trinajstić information content (AvgIpc) is 2.82. The topological polar surface area (TPSA) is 62.1 Å². The first-order valence-corrected chi connectivity index (χ1v) is 13.2. The molecule has 1 aliphatic heterocycles. The smallest absolute Gasteiger partial charge is 0.309 e. The number of hydrogen-bond donors (Lipinski definition) is 1. The van der Waals surface area contributed by atoms with Crippen molar-refractivity contribution in [2.75, 3.05) is 13.1 Å². The standard InChI is InChI=1S/C29H31ClN2O3S/c1-19-7-12-27(13-20(19)2)36-28(24-5-4-6-26(30)14-24)21(3)31-35-18-23-10-8-22(9-11-23)15-32-16-25(17-32)29(33)34/h4-14,25,28H,15-18H2,1-3H3,(H,33,34). The van der Waals surface area contributed by atoms with E-state index in [1.807, 2.05) is 37.3 Å². The van der Waals surface area contributed by atoms with Gasteiger partial charge in [-0.15, -0.1) is 11.8 Å². The van der Waals surface area contributed by atoms with E-state index in [1.54, 1.807) is 11.8 Å². The first kappa shape index (κ1) is 26.3. The van der Waals surface area contributed by atoms with E-state index in [2.05, 4.69) is 60.3 Å². The number of carboxylic acid groups (broad SMARTS) is 1. The number of benzene rings is 3. The third kappa shape index (κ3) is 6.90. The fourth-order valence-corrected chi connectivity index (χ4v) is 5.46. The maximum absolute atomic E-state index is 11.0. The lowest BCUT2D eigenvalue weighted by atomic mass is 9.99. The molecule has 5 nitrogen and oxygen atoms in total.